The van der Waals surface area contributed by atoms with Gasteiger partial charge in [-0.25, -0.2) is 0 Å². The molecule has 0 radical (unpaired) electrons. The van der Waals surface area contributed by atoms with Gasteiger partial charge in [-0.1, -0.05) is 13.0 Å². The van der Waals surface area contributed by atoms with Crippen LogP contribution in [0, 0.1) is 5.92 Å². The van der Waals surface area contributed by atoms with E-state index in [1.54, 1.807) is 0 Å². The Morgan fingerprint density at radius 2 is 1.93 bits per heavy atom. The molecule has 1 heterocycles. The minimum absolute atomic E-state index is 0.176. The van der Waals surface area contributed by atoms with Crippen molar-refractivity contribution in [2.45, 2.75) is 65.0 Å². The van der Waals surface area contributed by atoms with E-state index in [0.29, 0.717) is 5.92 Å². The molecule has 0 saturated carbocycles. The quantitative estimate of drug-likeness (QED) is 0.664. The normalized spacial score (nSPS) is 30.1. The van der Waals surface area contributed by atoms with Gasteiger partial charge in [0.1, 0.15) is 0 Å². The molecule has 0 aromatic carbocycles. The van der Waals surface area contributed by atoms with Gasteiger partial charge in [0.25, 0.3) is 0 Å². The third-order valence-electron chi connectivity index (χ3n) is 3.00. The highest BCUT2D eigenvalue weighted by Gasteiger charge is 2.46. The zero-order valence-electron chi connectivity index (χ0n) is 10.7. The predicted octanol–water partition coefficient (Wildman–Crippen LogP) is 3.52. The van der Waals surface area contributed by atoms with E-state index in [2.05, 4.69) is 27.4 Å². The summed E-state index contributed by atoms with van der Waals surface area (Å²) in [5, 5.41) is 0. The van der Waals surface area contributed by atoms with E-state index in [-0.39, 0.29) is 11.7 Å². The van der Waals surface area contributed by atoms with E-state index in [0.717, 1.165) is 12.8 Å². The third kappa shape index (κ3) is 3.32. The summed E-state index contributed by atoms with van der Waals surface area (Å²) in [6.07, 6.45) is 4.32. The first kappa shape index (κ1) is 12.7. The lowest BCUT2D eigenvalue weighted by Gasteiger charge is -2.24. The van der Waals surface area contributed by atoms with Crippen molar-refractivity contribution >= 4 is 0 Å². The molecule has 2 atom stereocenters. The SMILES string of the molecule is C=C[C@H](C)CC[C@H]1OC(C)(C)OC1(C)C. The molecule has 0 N–H and O–H groups in total. The summed E-state index contributed by atoms with van der Waals surface area (Å²) in [4.78, 5) is 0. The Balaban J connectivity index is 2.52. The Labute approximate surface area is 93.7 Å². The molecule has 0 spiro atoms. The van der Waals surface area contributed by atoms with Crippen molar-refractivity contribution in [3.8, 4) is 0 Å². The molecule has 88 valence electrons. The molecule has 1 aliphatic heterocycles. The lowest BCUT2D eigenvalue weighted by Crippen LogP contribution is -2.33. The molecule has 0 bridgehead atoms. The summed E-state index contributed by atoms with van der Waals surface area (Å²) in [7, 11) is 0. The summed E-state index contributed by atoms with van der Waals surface area (Å²) in [6, 6.07) is 0. The monoisotopic (exact) mass is 212 g/mol. The second kappa shape index (κ2) is 4.26. The smallest absolute Gasteiger partial charge is 0.164 e. The van der Waals surface area contributed by atoms with E-state index >= 15 is 0 Å². The van der Waals surface area contributed by atoms with Crippen LogP contribution in [0.5, 0.6) is 0 Å². The average molecular weight is 212 g/mol. The van der Waals surface area contributed by atoms with E-state index in [9.17, 15) is 0 Å². The fourth-order valence-electron chi connectivity index (χ4n) is 2.15. The average Bonchev–Trinajstić information content (AvgIpc) is 2.29. The molecule has 0 unspecified atom stereocenters. The van der Waals surface area contributed by atoms with Gasteiger partial charge < -0.3 is 9.47 Å². The highest BCUT2D eigenvalue weighted by molar-refractivity contribution is 4.90. The topological polar surface area (TPSA) is 18.5 Å². The van der Waals surface area contributed by atoms with Crippen LogP contribution >= 0.6 is 0 Å². The highest BCUT2D eigenvalue weighted by Crippen LogP contribution is 2.38. The molecular formula is C13H24O2. The maximum absolute atomic E-state index is 5.90. The fourth-order valence-corrected chi connectivity index (χ4v) is 2.15. The van der Waals surface area contributed by atoms with Crippen LogP contribution in [0.4, 0.5) is 0 Å². The second-order valence-electron chi connectivity index (χ2n) is 5.50. The summed E-state index contributed by atoms with van der Waals surface area (Å²) in [6.45, 7) is 14.1. The van der Waals surface area contributed by atoms with Crippen molar-refractivity contribution in [1.82, 2.24) is 0 Å². The van der Waals surface area contributed by atoms with Crippen molar-refractivity contribution in [2.75, 3.05) is 0 Å². The van der Waals surface area contributed by atoms with Crippen molar-refractivity contribution in [3.05, 3.63) is 12.7 Å². The molecule has 2 nitrogen and oxygen atoms in total. The lowest BCUT2D eigenvalue weighted by molar-refractivity contribution is -0.157. The largest absolute Gasteiger partial charge is 0.344 e. The van der Waals surface area contributed by atoms with Gasteiger partial charge in [0.2, 0.25) is 0 Å². The van der Waals surface area contributed by atoms with Crippen molar-refractivity contribution in [3.63, 3.8) is 0 Å². The molecule has 1 rings (SSSR count). The van der Waals surface area contributed by atoms with E-state index in [4.69, 9.17) is 9.47 Å². The van der Waals surface area contributed by atoms with Crippen LogP contribution in [0.2, 0.25) is 0 Å². The molecule has 0 amide bonds. The predicted molar refractivity (Wildman–Crippen MR) is 62.7 cm³/mol. The maximum atomic E-state index is 5.90. The summed E-state index contributed by atoms with van der Waals surface area (Å²) < 4.78 is 11.8. The lowest BCUT2D eigenvalue weighted by atomic mass is 9.94. The summed E-state index contributed by atoms with van der Waals surface area (Å²) >= 11 is 0. The Kier molecular flexibility index (Phi) is 3.62. The van der Waals surface area contributed by atoms with Gasteiger partial charge in [0.05, 0.1) is 11.7 Å². The van der Waals surface area contributed by atoms with Gasteiger partial charge in [-0.15, -0.1) is 6.58 Å². The Morgan fingerprint density at radius 3 is 2.33 bits per heavy atom. The fraction of sp³-hybridized carbons (Fsp3) is 0.846. The zero-order valence-corrected chi connectivity index (χ0v) is 10.7. The minimum atomic E-state index is -0.439. The van der Waals surface area contributed by atoms with Gasteiger partial charge in [0, 0.05) is 0 Å². The second-order valence-corrected chi connectivity index (χ2v) is 5.50. The molecule has 15 heavy (non-hydrogen) atoms. The first-order valence-electron chi connectivity index (χ1n) is 5.77. The minimum Gasteiger partial charge on any atom is -0.344 e. The van der Waals surface area contributed by atoms with Crippen molar-refractivity contribution in [1.29, 1.82) is 0 Å². The van der Waals surface area contributed by atoms with Gasteiger partial charge in [-0.3, -0.25) is 0 Å². The molecule has 0 aromatic heterocycles. The van der Waals surface area contributed by atoms with Crippen LogP contribution in [0.3, 0.4) is 0 Å². The van der Waals surface area contributed by atoms with Crippen molar-refractivity contribution in [2.24, 2.45) is 5.92 Å². The van der Waals surface area contributed by atoms with E-state index in [1.807, 2.05) is 19.9 Å². The summed E-state index contributed by atoms with van der Waals surface area (Å²) in [5.41, 5.74) is -0.176. The van der Waals surface area contributed by atoms with Gasteiger partial charge >= 0.3 is 0 Å². The molecule has 2 heteroatoms. The Hall–Kier alpha value is -0.340. The number of allylic oxidation sites excluding steroid dienone is 1. The van der Waals surface area contributed by atoms with E-state index < -0.39 is 5.79 Å². The number of rotatable bonds is 4. The Bertz CT molecular complexity index is 231. The summed E-state index contributed by atoms with van der Waals surface area (Å²) in [5.74, 6) is 0.110. The standard InChI is InChI=1S/C13H24O2/c1-7-10(2)8-9-11-12(3,4)15-13(5,6)14-11/h7,10-11H,1,8-9H2,2-6H3/t10-,11+/m0/s1. The molecule has 1 saturated heterocycles. The van der Waals surface area contributed by atoms with Crippen LogP contribution < -0.4 is 0 Å². The molecular weight excluding hydrogens is 188 g/mol. The highest BCUT2D eigenvalue weighted by atomic mass is 16.8. The van der Waals surface area contributed by atoms with Gasteiger partial charge in [-0.05, 0) is 46.5 Å². The molecule has 1 aliphatic rings. The first-order chi connectivity index (χ1) is 6.77. The van der Waals surface area contributed by atoms with Crippen molar-refractivity contribution < 1.29 is 9.47 Å². The molecule has 1 fully saturated rings. The molecule has 0 aliphatic carbocycles. The Morgan fingerprint density at radius 1 is 1.33 bits per heavy atom. The number of hydrogen-bond acceptors (Lipinski definition) is 2. The molecule has 0 aromatic rings. The number of hydrogen-bond donors (Lipinski definition) is 0. The third-order valence-corrected chi connectivity index (χ3v) is 3.00. The van der Waals surface area contributed by atoms with Gasteiger partial charge in [0.15, 0.2) is 5.79 Å². The maximum Gasteiger partial charge on any atom is 0.164 e. The first-order valence-corrected chi connectivity index (χ1v) is 5.77. The van der Waals surface area contributed by atoms with Gasteiger partial charge in [-0.2, -0.15) is 0 Å². The van der Waals surface area contributed by atoms with Crippen LogP contribution in [0.25, 0.3) is 0 Å². The van der Waals surface area contributed by atoms with Crippen LogP contribution in [-0.4, -0.2) is 17.5 Å². The number of ether oxygens (including phenoxy) is 2. The van der Waals surface area contributed by atoms with E-state index in [1.165, 1.54) is 0 Å². The zero-order chi connectivity index (χ0) is 11.7. The van der Waals surface area contributed by atoms with Crippen LogP contribution in [0.1, 0.15) is 47.5 Å². The van der Waals surface area contributed by atoms with Crippen LogP contribution in [0.15, 0.2) is 12.7 Å². The van der Waals surface area contributed by atoms with Crippen LogP contribution in [-0.2, 0) is 9.47 Å².